The second kappa shape index (κ2) is 5.09. The fourth-order valence-corrected chi connectivity index (χ4v) is 2.41. The minimum atomic E-state index is -0.304. The molecule has 1 aromatic carbocycles. The first kappa shape index (κ1) is 11.8. The van der Waals surface area contributed by atoms with Crippen molar-refractivity contribution in [2.24, 2.45) is 0 Å². The topological polar surface area (TPSA) is 32.3 Å². The van der Waals surface area contributed by atoms with Gasteiger partial charge in [-0.2, -0.15) is 0 Å². The Labute approximate surface area is 107 Å². The number of carbonyl (C=O) groups is 1. The van der Waals surface area contributed by atoms with Crippen LogP contribution in [0.25, 0.3) is 0 Å². The van der Waals surface area contributed by atoms with Gasteiger partial charge in [-0.3, -0.25) is 4.79 Å². The molecule has 0 radical (unpaired) electrons. The Bertz CT molecular complexity index is 405. The zero-order chi connectivity index (χ0) is 11.5. The van der Waals surface area contributed by atoms with Gasteiger partial charge in [0.1, 0.15) is 5.82 Å². The zero-order valence-corrected chi connectivity index (χ0v) is 10.8. The van der Waals surface area contributed by atoms with Gasteiger partial charge in [0.25, 0.3) is 5.91 Å². The number of nitrogens with zero attached hydrogens (tertiary/aromatic N) is 1. The quantitative estimate of drug-likeness (QED) is 0.789. The second-order valence-electron chi connectivity index (χ2n) is 3.67. The van der Waals surface area contributed by atoms with E-state index in [-0.39, 0.29) is 11.7 Å². The summed E-state index contributed by atoms with van der Waals surface area (Å²) >= 11 is 1.99. The van der Waals surface area contributed by atoms with Crippen LogP contribution in [0.2, 0.25) is 0 Å². The first-order valence-electron chi connectivity index (χ1n) is 5.13. The summed E-state index contributed by atoms with van der Waals surface area (Å²) in [4.78, 5) is 13.9. The molecular weight excluding hydrogens is 322 g/mol. The lowest BCUT2D eigenvalue weighted by molar-refractivity contribution is 0.0734. The molecule has 1 saturated heterocycles. The van der Waals surface area contributed by atoms with Crippen LogP contribution in [0.1, 0.15) is 10.4 Å². The Hall–Kier alpha value is -0.690. The molecular formula is C11H12FIN2O. The number of halogens is 2. The molecule has 0 unspecified atom stereocenters. The highest BCUT2D eigenvalue weighted by molar-refractivity contribution is 14.1. The van der Waals surface area contributed by atoms with Crippen LogP contribution in [0.3, 0.4) is 0 Å². The average molecular weight is 334 g/mol. The van der Waals surface area contributed by atoms with Gasteiger partial charge >= 0.3 is 0 Å². The largest absolute Gasteiger partial charge is 0.336 e. The van der Waals surface area contributed by atoms with E-state index in [2.05, 4.69) is 5.32 Å². The third kappa shape index (κ3) is 2.52. The molecule has 0 saturated carbocycles. The van der Waals surface area contributed by atoms with Crippen molar-refractivity contribution >= 4 is 28.5 Å². The summed E-state index contributed by atoms with van der Waals surface area (Å²) in [6.07, 6.45) is 0. The van der Waals surface area contributed by atoms with Crippen LogP contribution < -0.4 is 5.32 Å². The van der Waals surface area contributed by atoms with Crippen molar-refractivity contribution in [2.45, 2.75) is 0 Å². The van der Waals surface area contributed by atoms with E-state index in [1.54, 1.807) is 11.0 Å². The van der Waals surface area contributed by atoms with Gasteiger partial charge in [-0.05, 0) is 40.8 Å². The Morgan fingerprint density at radius 3 is 2.69 bits per heavy atom. The normalized spacial score (nSPS) is 16.2. The molecule has 0 aromatic heterocycles. The molecule has 1 aromatic rings. The van der Waals surface area contributed by atoms with Crippen molar-refractivity contribution in [1.29, 1.82) is 0 Å². The van der Waals surface area contributed by atoms with Crippen molar-refractivity contribution in [3.8, 4) is 0 Å². The monoisotopic (exact) mass is 334 g/mol. The molecule has 16 heavy (non-hydrogen) atoms. The summed E-state index contributed by atoms with van der Waals surface area (Å²) in [5.41, 5.74) is 0.587. The summed E-state index contributed by atoms with van der Waals surface area (Å²) in [6, 6.07) is 4.27. The van der Waals surface area contributed by atoms with Gasteiger partial charge in [0.05, 0.1) is 5.56 Å². The Kier molecular flexibility index (Phi) is 3.75. The Balaban J connectivity index is 2.19. The summed E-state index contributed by atoms with van der Waals surface area (Å²) in [5, 5.41) is 3.19. The molecule has 5 heteroatoms. The summed E-state index contributed by atoms with van der Waals surface area (Å²) in [7, 11) is 0. The zero-order valence-electron chi connectivity index (χ0n) is 8.67. The maximum absolute atomic E-state index is 12.9. The number of amides is 1. The van der Waals surface area contributed by atoms with Gasteiger partial charge in [0.15, 0.2) is 0 Å². The molecule has 86 valence electrons. The minimum absolute atomic E-state index is 0.00843. The maximum Gasteiger partial charge on any atom is 0.255 e. The van der Waals surface area contributed by atoms with Crippen LogP contribution in [0.4, 0.5) is 4.39 Å². The number of benzene rings is 1. The van der Waals surface area contributed by atoms with Crippen LogP contribution in [0, 0.1) is 9.39 Å². The average Bonchev–Trinajstić information content (AvgIpc) is 2.29. The summed E-state index contributed by atoms with van der Waals surface area (Å²) in [5.74, 6) is -0.313. The highest BCUT2D eigenvalue weighted by Gasteiger charge is 2.19. The van der Waals surface area contributed by atoms with Crippen LogP contribution in [0.5, 0.6) is 0 Å². The highest BCUT2D eigenvalue weighted by Crippen LogP contribution is 2.16. The standard InChI is InChI=1S/C11H12FIN2O/c12-8-1-2-9(10(13)7-8)11(16)15-5-3-14-4-6-15/h1-2,7,14H,3-6H2. The first-order chi connectivity index (χ1) is 7.68. The smallest absolute Gasteiger partial charge is 0.255 e. The molecule has 1 heterocycles. The fourth-order valence-electron chi connectivity index (χ4n) is 1.70. The predicted octanol–water partition coefficient (Wildman–Crippen LogP) is 1.48. The molecule has 3 nitrogen and oxygen atoms in total. The molecule has 1 aliphatic heterocycles. The molecule has 0 bridgehead atoms. The fraction of sp³-hybridized carbons (Fsp3) is 0.364. The number of carbonyl (C=O) groups excluding carboxylic acids is 1. The van der Waals surface area contributed by atoms with Crippen molar-refractivity contribution in [2.75, 3.05) is 26.2 Å². The Morgan fingerprint density at radius 1 is 1.38 bits per heavy atom. The maximum atomic E-state index is 12.9. The van der Waals surface area contributed by atoms with Gasteiger partial charge < -0.3 is 10.2 Å². The van der Waals surface area contributed by atoms with E-state index in [1.165, 1.54) is 12.1 Å². The molecule has 1 fully saturated rings. The van der Waals surface area contributed by atoms with E-state index >= 15 is 0 Å². The van der Waals surface area contributed by atoms with Gasteiger partial charge in [-0.15, -0.1) is 0 Å². The third-order valence-corrected chi connectivity index (χ3v) is 3.46. The van der Waals surface area contributed by atoms with E-state index in [9.17, 15) is 9.18 Å². The van der Waals surface area contributed by atoms with Crippen molar-refractivity contribution < 1.29 is 9.18 Å². The van der Waals surface area contributed by atoms with Gasteiger partial charge in [-0.25, -0.2) is 4.39 Å². The van der Waals surface area contributed by atoms with E-state index in [0.717, 1.165) is 13.1 Å². The van der Waals surface area contributed by atoms with Crippen LogP contribution in [-0.4, -0.2) is 37.0 Å². The summed E-state index contributed by atoms with van der Waals surface area (Å²) in [6.45, 7) is 3.08. The summed E-state index contributed by atoms with van der Waals surface area (Å²) < 4.78 is 13.6. The number of hydrogen-bond donors (Lipinski definition) is 1. The van der Waals surface area contributed by atoms with Gasteiger partial charge in [-0.1, -0.05) is 0 Å². The van der Waals surface area contributed by atoms with Crippen LogP contribution in [0.15, 0.2) is 18.2 Å². The highest BCUT2D eigenvalue weighted by atomic mass is 127. The second-order valence-corrected chi connectivity index (χ2v) is 4.83. The van der Waals surface area contributed by atoms with Crippen LogP contribution >= 0.6 is 22.6 Å². The lowest BCUT2D eigenvalue weighted by Crippen LogP contribution is -2.46. The molecule has 1 aliphatic rings. The minimum Gasteiger partial charge on any atom is -0.336 e. The number of hydrogen-bond acceptors (Lipinski definition) is 2. The van der Waals surface area contributed by atoms with Crippen LogP contribution in [-0.2, 0) is 0 Å². The molecule has 1 amide bonds. The van der Waals surface area contributed by atoms with E-state index in [1.807, 2.05) is 22.6 Å². The lowest BCUT2D eigenvalue weighted by Gasteiger charge is -2.27. The van der Waals surface area contributed by atoms with Gasteiger partial charge in [0, 0.05) is 29.7 Å². The van der Waals surface area contributed by atoms with Gasteiger partial charge in [0.2, 0.25) is 0 Å². The van der Waals surface area contributed by atoms with E-state index < -0.39 is 0 Å². The van der Waals surface area contributed by atoms with E-state index in [0.29, 0.717) is 22.2 Å². The van der Waals surface area contributed by atoms with Crippen molar-refractivity contribution in [1.82, 2.24) is 10.2 Å². The molecule has 2 rings (SSSR count). The number of nitrogens with one attached hydrogen (secondary N) is 1. The number of piperazine rings is 1. The SMILES string of the molecule is O=C(c1ccc(F)cc1I)N1CCNCC1. The molecule has 0 atom stereocenters. The van der Waals surface area contributed by atoms with Crippen molar-refractivity contribution in [3.63, 3.8) is 0 Å². The number of rotatable bonds is 1. The molecule has 1 N–H and O–H groups in total. The van der Waals surface area contributed by atoms with Crippen molar-refractivity contribution in [3.05, 3.63) is 33.1 Å². The third-order valence-electron chi connectivity index (χ3n) is 2.57. The Morgan fingerprint density at radius 2 is 2.06 bits per heavy atom. The molecule has 0 spiro atoms. The predicted molar refractivity (Wildman–Crippen MR) is 67.9 cm³/mol. The first-order valence-corrected chi connectivity index (χ1v) is 6.21. The lowest BCUT2D eigenvalue weighted by atomic mass is 10.2. The van der Waals surface area contributed by atoms with E-state index in [4.69, 9.17) is 0 Å². The molecule has 0 aliphatic carbocycles.